The number of rotatable bonds is 8. The molecule has 0 aliphatic rings. The lowest BCUT2D eigenvalue weighted by Gasteiger charge is -2.03. The van der Waals surface area contributed by atoms with Crippen LogP contribution in [0.2, 0.25) is 0 Å². The first-order valence-corrected chi connectivity index (χ1v) is 5.25. The predicted octanol–water partition coefficient (Wildman–Crippen LogP) is 0.146. The molecule has 0 unspecified atom stereocenters. The van der Waals surface area contributed by atoms with E-state index in [0.717, 1.165) is 6.08 Å². The zero-order valence-electron chi connectivity index (χ0n) is 9.86. The SMILES string of the molecule is C=C(CCC(=O)NCCO)C(=O)/C=C\C(C)=O. The number of aliphatic hydroxyl groups excluding tert-OH is 1. The number of hydrogen-bond donors (Lipinski definition) is 2. The highest BCUT2D eigenvalue weighted by atomic mass is 16.3. The maximum absolute atomic E-state index is 11.4. The van der Waals surface area contributed by atoms with Gasteiger partial charge in [-0.05, 0) is 31.1 Å². The van der Waals surface area contributed by atoms with Crippen molar-refractivity contribution in [3.63, 3.8) is 0 Å². The molecule has 17 heavy (non-hydrogen) atoms. The van der Waals surface area contributed by atoms with Gasteiger partial charge in [-0.25, -0.2) is 0 Å². The normalized spacial score (nSPS) is 10.2. The van der Waals surface area contributed by atoms with Gasteiger partial charge >= 0.3 is 0 Å². The maximum atomic E-state index is 11.4. The Morgan fingerprint density at radius 2 is 1.88 bits per heavy atom. The van der Waals surface area contributed by atoms with Crippen molar-refractivity contribution in [3.05, 3.63) is 24.3 Å². The van der Waals surface area contributed by atoms with Crippen molar-refractivity contribution < 1.29 is 19.5 Å². The average molecular weight is 239 g/mol. The molecule has 0 radical (unpaired) electrons. The third-order valence-electron chi connectivity index (χ3n) is 1.91. The van der Waals surface area contributed by atoms with Crippen molar-refractivity contribution in [2.75, 3.05) is 13.2 Å². The summed E-state index contributed by atoms with van der Waals surface area (Å²) in [5.74, 6) is -0.814. The lowest BCUT2D eigenvalue weighted by Crippen LogP contribution is -2.26. The second-order valence-corrected chi connectivity index (χ2v) is 3.49. The van der Waals surface area contributed by atoms with Crippen LogP contribution in [-0.2, 0) is 14.4 Å². The van der Waals surface area contributed by atoms with E-state index in [1.807, 2.05) is 0 Å². The molecule has 0 bridgehead atoms. The van der Waals surface area contributed by atoms with E-state index in [1.165, 1.54) is 13.0 Å². The molecule has 94 valence electrons. The van der Waals surface area contributed by atoms with E-state index in [-0.39, 0.29) is 49.0 Å². The third kappa shape index (κ3) is 8.10. The van der Waals surface area contributed by atoms with Gasteiger partial charge in [-0.3, -0.25) is 14.4 Å². The topological polar surface area (TPSA) is 83.5 Å². The molecule has 0 atom stereocenters. The van der Waals surface area contributed by atoms with Gasteiger partial charge < -0.3 is 10.4 Å². The van der Waals surface area contributed by atoms with E-state index < -0.39 is 0 Å². The molecule has 1 amide bonds. The van der Waals surface area contributed by atoms with Gasteiger partial charge in [0.25, 0.3) is 0 Å². The van der Waals surface area contributed by atoms with Gasteiger partial charge in [0.15, 0.2) is 11.6 Å². The summed E-state index contributed by atoms with van der Waals surface area (Å²) in [6.45, 7) is 4.97. The van der Waals surface area contributed by atoms with Crippen molar-refractivity contribution in [2.24, 2.45) is 0 Å². The molecular weight excluding hydrogens is 222 g/mol. The van der Waals surface area contributed by atoms with Crippen LogP contribution >= 0.6 is 0 Å². The minimum Gasteiger partial charge on any atom is -0.395 e. The summed E-state index contributed by atoms with van der Waals surface area (Å²) in [7, 11) is 0. The molecule has 0 aliphatic heterocycles. The van der Waals surface area contributed by atoms with Gasteiger partial charge in [-0.1, -0.05) is 6.58 Å². The Bertz CT molecular complexity index is 344. The fourth-order valence-electron chi connectivity index (χ4n) is 0.982. The van der Waals surface area contributed by atoms with Gasteiger partial charge in [0.2, 0.25) is 5.91 Å². The summed E-state index contributed by atoms with van der Waals surface area (Å²) in [4.78, 5) is 33.1. The summed E-state index contributed by atoms with van der Waals surface area (Å²) in [5.41, 5.74) is 0.279. The van der Waals surface area contributed by atoms with Gasteiger partial charge in [0.05, 0.1) is 6.61 Å². The standard InChI is InChI=1S/C12H17NO4/c1-9(11(16)5-4-10(2)15)3-6-12(17)13-7-8-14/h4-5,14H,1,3,6-8H2,2H3,(H,13,17)/b5-4-. The largest absolute Gasteiger partial charge is 0.395 e. The summed E-state index contributed by atoms with van der Waals surface area (Å²) in [6.07, 6.45) is 2.69. The van der Waals surface area contributed by atoms with Crippen molar-refractivity contribution in [3.8, 4) is 0 Å². The Hall–Kier alpha value is -1.75. The summed E-state index contributed by atoms with van der Waals surface area (Å²) in [5, 5.41) is 10.9. The Morgan fingerprint density at radius 3 is 2.41 bits per heavy atom. The molecule has 0 aliphatic carbocycles. The fourth-order valence-corrected chi connectivity index (χ4v) is 0.982. The molecule has 2 N–H and O–H groups in total. The third-order valence-corrected chi connectivity index (χ3v) is 1.91. The first-order valence-electron chi connectivity index (χ1n) is 5.25. The van der Waals surface area contributed by atoms with Crippen molar-refractivity contribution in [2.45, 2.75) is 19.8 Å². The number of aliphatic hydroxyl groups is 1. The van der Waals surface area contributed by atoms with E-state index >= 15 is 0 Å². The maximum Gasteiger partial charge on any atom is 0.220 e. The molecule has 0 saturated heterocycles. The van der Waals surface area contributed by atoms with Gasteiger partial charge in [0, 0.05) is 13.0 Å². The van der Waals surface area contributed by atoms with E-state index in [4.69, 9.17) is 5.11 Å². The molecule has 0 fully saturated rings. The number of ketones is 2. The number of nitrogens with one attached hydrogen (secondary N) is 1. The molecule has 5 nitrogen and oxygen atoms in total. The summed E-state index contributed by atoms with van der Waals surface area (Å²) in [6, 6.07) is 0. The molecule has 0 aromatic heterocycles. The smallest absolute Gasteiger partial charge is 0.220 e. The van der Waals surface area contributed by atoms with Crippen LogP contribution in [0.4, 0.5) is 0 Å². The number of carbonyl (C=O) groups excluding carboxylic acids is 3. The van der Waals surface area contributed by atoms with Gasteiger partial charge in [-0.15, -0.1) is 0 Å². The minimum atomic E-state index is -0.352. The zero-order valence-corrected chi connectivity index (χ0v) is 9.86. The monoisotopic (exact) mass is 239 g/mol. The lowest BCUT2D eigenvalue weighted by molar-refractivity contribution is -0.121. The minimum absolute atomic E-state index is 0.118. The number of allylic oxidation sites excluding steroid dienone is 3. The van der Waals surface area contributed by atoms with E-state index in [2.05, 4.69) is 11.9 Å². The van der Waals surface area contributed by atoms with E-state index in [1.54, 1.807) is 0 Å². The van der Waals surface area contributed by atoms with Crippen molar-refractivity contribution in [1.82, 2.24) is 5.32 Å². The second-order valence-electron chi connectivity index (χ2n) is 3.49. The number of hydrogen-bond acceptors (Lipinski definition) is 4. The Labute approximate surface area is 100 Å². The highest BCUT2D eigenvalue weighted by Crippen LogP contribution is 2.04. The van der Waals surface area contributed by atoms with Crippen LogP contribution in [0.5, 0.6) is 0 Å². The fraction of sp³-hybridized carbons (Fsp3) is 0.417. The zero-order chi connectivity index (χ0) is 13.3. The average Bonchev–Trinajstić information content (AvgIpc) is 2.29. The van der Waals surface area contributed by atoms with E-state index in [9.17, 15) is 14.4 Å². The van der Waals surface area contributed by atoms with Gasteiger partial charge in [-0.2, -0.15) is 0 Å². The van der Waals surface area contributed by atoms with Crippen LogP contribution in [0.1, 0.15) is 19.8 Å². The molecule has 0 aromatic rings. The Morgan fingerprint density at radius 1 is 1.24 bits per heavy atom. The predicted molar refractivity (Wildman–Crippen MR) is 63.3 cm³/mol. The van der Waals surface area contributed by atoms with Crippen LogP contribution < -0.4 is 5.32 Å². The Balaban J connectivity index is 3.97. The van der Waals surface area contributed by atoms with Crippen molar-refractivity contribution >= 4 is 17.5 Å². The molecule has 0 spiro atoms. The summed E-state index contributed by atoms with van der Waals surface area (Å²) < 4.78 is 0. The number of amides is 1. The van der Waals surface area contributed by atoms with Crippen LogP contribution in [0.15, 0.2) is 24.3 Å². The quantitative estimate of drug-likeness (QED) is 0.590. The van der Waals surface area contributed by atoms with Crippen LogP contribution in [-0.4, -0.2) is 35.7 Å². The van der Waals surface area contributed by atoms with E-state index in [0.29, 0.717) is 0 Å². The van der Waals surface area contributed by atoms with Crippen LogP contribution in [0.25, 0.3) is 0 Å². The summed E-state index contributed by atoms with van der Waals surface area (Å²) >= 11 is 0. The molecule has 0 heterocycles. The molecular formula is C12H17NO4. The highest BCUT2D eigenvalue weighted by Gasteiger charge is 2.07. The molecule has 0 saturated carbocycles. The first kappa shape index (κ1) is 15.2. The number of carbonyl (C=O) groups is 3. The molecule has 0 rings (SSSR count). The van der Waals surface area contributed by atoms with Crippen molar-refractivity contribution in [1.29, 1.82) is 0 Å². The Kier molecular flexibility index (Phi) is 7.54. The molecule has 5 heteroatoms. The second kappa shape index (κ2) is 8.41. The molecule has 0 aromatic carbocycles. The first-order chi connectivity index (χ1) is 7.97. The van der Waals surface area contributed by atoms with Gasteiger partial charge in [0.1, 0.15) is 0 Å². The lowest BCUT2D eigenvalue weighted by atomic mass is 10.1. The van der Waals surface area contributed by atoms with Crippen LogP contribution in [0.3, 0.4) is 0 Å². The van der Waals surface area contributed by atoms with Crippen LogP contribution in [0, 0.1) is 0 Å². The highest BCUT2D eigenvalue weighted by molar-refractivity contribution is 6.06.